The summed E-state index contributed by atoms with van der Waals surface area (Å²) in [6, 6.07) is 23.0. The lowest BCUT2D eigenvalue weighted by Crippen LogP contribution is -2.30. The van der Waals surface area contributed by atoms with Crippen LogP contribution in [0.25, 0.3) is 11.1 Å². The van der Waals surface area contributed by atoms with Crippen molar-refractivity contribution in [1.29, 1.82) is 0 Å². The molecular formula is C25H26O5S. The molecular weight excluding hydrogens is 412 g/mol. The fourth-order valence-electron chi connectivity index (χ4n) is 3.11. The van der Waals surface area contributed by atoms with Crippen molar-refractivity contribution in [3.63, 3.8) is 0 Å². The zero-order chi connectivity index (χ0) is 22.6. The molecule has 0 N–H and O–H groups in total. The Kier molecular flexibility index (Phi) is 6.51. The number of benzene rings is 3. The average Bonchev–Trinajstić information content (AvgIpc) is 2.71. The number of hydrogen-bond acceptors (Lipinski definition) is 5. The molecule has 6 heteroatoms. The van der Waals surface area contributed by atoms with Crippen LogP contribution in [0, 0.1) is 0 Å². The number of ether oxygens (including phenoxy) is 2. The van der Waals surface area contributed by atoms with Gasteiger partial charge in [0.25, 0.3) is 0 Å². The zero-order valence-corrected chi connectivity index (χ0v) is 18.8. The third-order valence-corrected chi connectivity index (χ3v) is 5.58. The molecule has 0 saturated carbocycles. The second-order valence-electron chi connectivity index (χ2n) is 8.23. The summed E-state index contributed by atoms with van der Waals surface area (Å²) in [7, 11) is -3.37. The lowest BCUT2D eigenvalue weighted by molar-refractivity contribution is -0.163. The van der Waals surface area contributed by atoms with Crippen LogP contribution in [0.5, 0.6) is 5.75 Å². The first-order valence-electron chi connectivity index (χ1n) is 9.88. The highest BCUT2D eigenvalue weighted by atomic mass is 32.2. The minimum absolute atomic E-state index is 0.264. The summed E-state index contributed by atoms with van der Waals surface area (Å²) >= 11 is 0. The Morgan fingerprint density at radius 1 is 0.839 bits per heavy atom. The molecule has 0 saturated heterocycles. The smallest absolute Gasteiger partial charge is 0.352 e. The van der Waals surface area contributed by atoms with Crippen LogP contribution in [0.1, 0.15) is 32.4 Å². The summed E-state index contributed by atoms with van der Waals surface area (Å²) in [6.07, 6.45) is 0.267. The van der Waals surface area contributed by atoms with Crippen molar-refractivity contribution in [2.24, 2.45) is 0 Å². The number of carbonyl (C=O) groups is 1. The molecule has 3 aromatic rings. The molecule has 0 heterocycles. The maximum Gasteiger partial charge on any atom is 0.352 e. The van der Waals surface area contributed by atoms with Gasteiger partial charge >= 0.3 is 5.97 Å². The quantitative estimate of drug-likeness (QED) is 0.494. The third kappa shape index (κ3) is 5.95. The molecule has 3 rings (SSSR count). The molecule has 1 unspecified atom stereocenters. The summed E-state index contributed by atoms with van der Waals surface area (Å²) in [6.45, 7) is 5.42. The highest BCUT2D eigenvalue weighted by molar-refractivity contribution is 7.90. The minimum Gasteiger partial charge on any atom is -0.474 e. The van der Waals surface area contributed by atoms with E-state index in [1.54, 1.807) is 69.3 Å². The van der Waals surface area contributed by atoms with Gasteiger partial charge in [-0.15, -0.1) is 0 Å². The van der Waals surface area contributed by atoms with Gasteiger partial charge in [0.15, 0.2) is 9.84 Å². The molecule has 0 spiro atoms. The second-order valence-corrected chi connectivity index (χ2v) is 10.2. The molecule has 0 fully saturated rings. The van der Waals surface area contributed by atoms with Gasteiger partial charge in [-0.3, -0.25) is 0 Å². The monoisotopic (exact) mass is 438 g/mol. The molecule has 0 bridgehead atoms. The van der Waals surface area contributed by atoms with Crippen molar-refractivity contribution in [2.75, 3.05) is 6.26 Å². The maximum absolute atomic E-state index is 12.8. The predicted molar refractivity (Wildman–Crippen MR) is 121 cm³/mol. The van der Waals surface area contributed by atoms with Gasteiger partial charge in [0.05, 0.1) is 4.90 Å². The van der Waals surface area contributed by atoms with E-state index in [2.05, 4.69) is 0 Å². The summed E-state index contributed by atoms with van der Waals surface area (Å²) in [5.41, 5.74) is 1.39. The fraction of sp³-hybridized carbons (Fsp3) is 0.240. The standard InChI is InChI=1S/C25H26O5S/c1-25(2,3)30-24(26)23(19-10-6-5-7-11-19)29-20-16-14-18(15-17-20)21-12-8-9-13-22(21)31(4,27)28/h5-17,23H,1-4H3. The molecule has 0 aromatic heterocycles. The molecule has 162 valence electrons. The van der Waals surface area contributed by atoms with Crippen LogP contribution in [0.4, 0.5) is 0 Å². The molecule has 1 atom stereocenters. The van der Waals surface area contributed by atoms with Crippen LogP contribution in [-0.2, 0) is 19.4 Å². The normalized spacial score (nSPS) is 12.8. The highest BCUT2D eigenvalue weighted by Crippen LogP contribution is 2.31. The average molecular weight is 439 g/mol. The van der Waals surface area contributed by atoms with Gasteiger partial charge in [0, 0.05) is 17.4 Å². The van der Waals surface area contributed by atoms with E-state index in [4.69, 9.17) is 9.47 Å². The lowest BCUT2D eigenvalue weighted by Gasteiger charge is -2.25. The van der Waals surface area contributed by atoms with E-state index in [1.165, 1.54) is 6.26 Å². The summed E-state index contributed by atoms with van der Waals surface area (Å²) in [5, 5.41) is 0. The van der Waals surface area contributed by atoms with Gasteiger partial charge in [0.2, 0.25) is 6.10 Å². The van der Waals surface area contributed by atoms with Crippen LogP contribution >= 0.6 is 0 Å². The van der Waals surface area contributed by atoms with Crippen molar-refractivity contribution in [1.82, 2.24) is 0 Å². The van der Waals surface area contributed by atoms with Crippen molar-refractivity contribution in [3.8, 4) is 16.9 Å². The van der Waals surface area contributed by atoms with E-state index in [-0.39, 0.29) is 4.90 Å². The van der Waals surface area contributed by atoms with Crippen molar-refractivity contribution >= 4 is 15.8 Å². The van der Waals surface area contributed by atoms with Gasteiger partial charge in [-0.1, -0.05) is 60.7 Å². The maximum atomic E-state index is 12.8. The van der Waals surface area contributed by atoms with E-state index in [0.717, 1.165) is 5.56 Å². The summed E-state index contributed by atoms with van der Waals surface area (Å²) in [5.74, 6) is -0.00880. The number of sulfone groups is 1. The van der Waals surface area contributed by atoms with Crippen LogP contribution < -0.4 is 4.74 Å². The molecule has 0 aliphatic rings. The Labute approximate surface area is 183 Å². The number of esters is 1. The largest absolute Gasteiger partial charge is 0.474 e. The first-order valence-corrected chi connectivity index (χ1v) is 11.8. The SMILES string of the molecule is CC(C)(C)OC(=O)C(Oc1ccc(-c2ccccc2S(C)(=O)=O)cc1)c1ccccc1. The Bertz CT molecular complexity index is 1140. The summed E-state index contributed by atoms with van der Waals surface area (Å²) in [4.78, 5) is 13.1. The molecule has 0 radical (unpaired) electrons. The molecule has 31 heavy (non-hydrogen) atoms. The fourth-order valence-corrected chi connectivity index (χ4v) is 4.02. The van der Waals surface area contributed by atoms with E-state index in [0.29, 0.717) is 16.9 Å². The van der Waals surface area contributed by atoms with Gasteiger partial charge in [-0.25, -0.2) is 13.2 Å². The van der Waals surface area contributed by atoms with Gasteiger partial charge in [-0.05, 0) is 44.5 Å². The Morgan fingerprint density at radius 2 is 1.42 bits per heavy atom. The molecule has 0 amide bonds. The molecule has 5 nitrogen and oxygen atoms in total. The Morgan fingerprint density at radius 3 is 2.00 bits per heavy atom. The number of rotatable bonds is 6. The van der Waals surface area contributed by atoms with E-state index in [1.807, 2.05) is 30.3 Å². The summed E-state index contributed by atoms with van der Waals surface area (Å²) < 4.78 is 35.8. The zero-order valence-electron chi connectivity index (χ0n) is 18.0. The Hall–Kier alpha value is -3.12. The van der Waals surface area contributed by atoms with Crippen LogP contribution in [0.2, 0.25) is 0 Å². The second kappa shape index (κ2) is 8.94. The Balaban J connectivity index is 1.90. The van der Waals surface area contributed by atoms with Gasteiger partial charge < -0.3 is 9.47 Å². The van der Waals surface area contributed by atoms with Crippen molar-refractivity contribution in [2.45, 2.75) is 37.4 Å². The minimum atomic E-state index is -3.37. The van der Waals surface area contributed by atoms with E-state index < -0.39 is 27.5 Å². The van der Waals surface area contributed by atoms with Crippen molar-refractivity contribution in [3.05, 3.63) is 84.4 Å². The molecule has 3 aromatic carbocycles. The highest BCUT2D eigenvalue weighted by Gasteiger charge is 2.28. The molecule has 0 aliphatic carbocycles. The molecule has 0 aliphatic heterocycles. The number of carbonyl (C=O) groups excluding carboxylic acids is 1. The topological polar surface area (TPSA) is 69.7 Å². The predicted octanol–water partition coefficient (Wildman–Crippen LogP) is 5.22. The number of hydrogen-bond donors (Lipinski definition) is 0. The van der Waals surface area contributed by atoms with Gasteiger partial charge in [-0.2, -0.15) is 0 Å². The van der Waals surface area contributed by atoms with Crippen LogP contribution in [0.15, 0.2) is 83.8 Å². The lowest BCUT2D eigenvalue weighted by atomic mass is 10.1. The first-order chi connectivity index (χ1) is 14.5. The first kappa shape index (κ1) is 22.6. The van der Waals surface area contributed by atoms with Gasteiger partial charge in [0.1, 0.15) is 11.4 Å². The van der Waals surface area contributed by atoms with E-state index in [9.17, 15) is 13.2 Å². The van der Waals surface area contributed by atoms with Crippen LogP contribution in [0.3, 0.4) is 0 Å². The third-order valence-electron chi connectivity index (χ3n) is 4.43. The van der Waals surface area contributed by atoms with Crippen LogP contribution in [-0.4, -0.2) is 26.2 Å². The van der Waals surface area contributed by atoms with E-state index >= 15 is 0 Å². The van der Waals surface area contributed by atoms with Crippen molar-refractivity contribution < 1.29 is 22.7 Å².